The monoisotopic (exact) mass is 375 g/mol. The van der Waals surface area contributed by atoms with Crippen LogP contribution < -0.4 is 0 Å². The van der Waals surface area contributed by atoms with E-state index in [1.54, 1.807) is 18.4 Å². The molecule has 4 aromatic rings. The number of aromatic nitrogens is 5. The summed E-state index contributed by atoms with van der Waals surface area (Å²) in [6, 6.07) is 3.54. The zero-order valence-electron chi connectivity index (χ0n) is 13.6. The van der Waals surface area contributed by atoms with Gasteiger partial charge < -0.3 is 13.4 Å². The topological polar surface area (TPSA) is 104 Å². The Balaban J connectivity index is 1.50. The van der Waals surface area contributed by atoms with E-state index < -0.39 is 0 Å². The second kappa shape index (κ2) is 6.45. The van der Waals surface area contributed by atoms with Gasteiger partial charge in [-0.05, 0) is 32.9 Å². The maximum Gasteiger partial charge on any atom is 0.277 e. The Kier molecular flexibility index (Phi) is 4.14. The molecule has 0 aliphatic carbocycles. The maximum absolute atomic E-state index is 5.74. The predicted octanol–water partition coefficient (Wildman–Crippen LogP) is 4.31. The van der Waals surface area contributed by atoms with Crippen molar-refractivity contribution in [3.63, 3.8) is 0 Å². The zero-order chi connectivity index (χ0) is 17.4. The molecule has 0 saturated heterocycles. The number of thioether (sulfide) groups is 1. The Morgan fingerprint density at radius 2 is 2.08 bits per heavy atom. The highest BCUT2D eigenvalue weighted by Gasteiger charge is 2.21. The lowest BCUT2D eigenvalue weighted by atomic mass is 10.4. The number of hydrogen-bond acceptors (Lipinski definition) is 10. The van der Waals surface area contributed by atoms with Gasteiger partial charge in [0, 0.05) is 0 Å². The molecule has 0 aliphatic heterocycles. The molecule has 25 heavy (non-hydrogen) atoms. The molecule has 0 fully saturated rings. The van der Waals surface area contributed by atoms with Gasteiger partial charge in [0.05, 0.1) is 22.2 Å². The first-order chi connectivity index (χ1) is 12.1. The van der Waals surface area contributed by atoms with Crippen LogP contribution in [0, 0.1) is 13.8 Å². The van der Waals surface area contributed by atoms with Gasteiger partial charge in [0.2, 0.25) is 11.7 Å². The van der Waals surface area contributed by atoms with Gasteiger partial charge in [-0.2, -0.15) is 4.98 Å². The lowest BCUT2D eigenvalue weighted by Crippen LogP contribution is -1.89. The average molecular weight is 375 g/mol. The van der Waals surface area contributed by atoms with Crippen LogP contribution in [0.15, 0.2) is 37.0 Å². The number of rotatable bonds is 5. The predicted molar refractivity (Wildman–Crippen MR) is 91.2 cm³/mol. The van der Waals surface area contributed by atoms with Gasteiger partial charge in [-0.3, -0.25) is 0 Å². The van der Waals surface area contributed by atoms with Crippen LogP contribution in [0.3, 0.4) is 0 Å². The summed E-state index contributed by atoms with van der Waals surface area (Å²) in [7, 11) is 0. The molecule has 0 aromatic carbocycles. The average Bonchev–Trinajstić information content (AvgIpc) is 3.34. The normalized spacial score (nSPS) is 12.6. The quantitative estimate of drug-likeness (QED) is 0.472. The van der Waals surface area contributed by atoms with Crippen LogP contribution in [0.2, 0.25) is 0 Å². The number of furan rings is 1. The lowest BCUT2D eigenvalue weighted by Gasteiger charge is -2.00. The number of nitrogens with zero attached hydrogens (tertiary/aromatic N) is 5. The van der Waals surface area contributed by atoms with E-state index in [0.717, 1.165) is 15.6 Å². The molecule has 0 bridgehead atoms. The van der Waals surface area contributed by atoms with Crippen LogP contribution in [-0.4, -0.2) is 25.3 Å². The number of thiazole rings is 1. The van der Waals surface area contributed by atoms with Crippen molar-refractivity contribution in [2.24, 2.45) is 0 Å². The molecular formula is C15H13N5O3S2. The van der Waals surface area contributed by atoms with Crippen LogP contribution in [0.25, 0.3) is 22.4 Å². The highest BCUT2D eigenvalue weighted by Crippen LogP contribution is 2.36. The van der Waals surface area contributed by atoms with Crippen molar-refractivity contribution in [2.45, 2.75) is 31.2 Å². The molecule has 0 aliphatic rings. The van der Waals surface area contributed by atoms with E-state index >= 15 is 0 Å². The van der Waals surface area contributed by atoms with Gasteiger partial charge in [0.25, 0.3) is 11.1 Å². The minimum absolute atomic E-state index is 0.145. The third-order valence-corrected chi connectivity index (χ3v) is 5.30. The minimum Gasteiger partial charge on any atom is -0.461 e. The van der Waals surface area contributed by atoms with E-state index in [9.17, 15) is 0 Å². The second-order valence-electron chi connectivity index (χ2n) is 5.21. The molecule has 1 atom stereocenters. The van der Waals surface area contributed by atoms with Crippen molar-refractivity contribution >= 4 is 23.1 Å². The van der Waals surface area contributed by atoms with E-state index in [4.69, 9.17) is 13.4 Å². The first-order valence-corrected chi connectivity index (χ1v) is 9.12. The van der Waals surface area contributed by atoms with Gasteiger partial charge >= 0.3 is 0 Å². The molecule has 1 unspecified atom stereocenters. The molecule has 0 saturated carbocycles. The minimum atomic E-state index is -0.145. The molecule has 4 rings (SSSR count). The molecule has 8 nitrogen and oxygen atoms in total. The Morgan fingerprint density at radius 1 is 1.20 bits per heavy atom. The third-order valence-electron chi connectivity index (χ3n) is 3.31. The Hall–Kier alpha value is -2.46. The van der Waals surface area contributed by atoms with E-state index in [0.29, 0.717) is 28.6 Å². The molecule has 128 valence electrons. The molecule has 10 heteroatoms. The fraction of sp³-hybridized carbons (Fsp3) is 0.267. The van der Waals surface area contributed by atoms with Crippen LogP contribution >= 0.6 is 23.1 Å². The highest BCUT2D eigenvalue weighted by molar-refractivity contribution is 7.99. The first kappa shape index (κ1) is 16.0. The van der Waals surface area contributed by atoms with Gasteiger partial charge in [0.15, 0.2) is 5.76 Å². The fourth-order valence-electron chi connectivity index (χ4n) is 2.19. The molecule has 0 N–H and O–H groups in total. The Bertz CT molecular complexity index is 989. The first-order valence-electron chi connectivity index (χ1n) is 7.42. The van der Waals surface area contributed by atoms with Crippen molar-refractivity contribution in [1.29, 1.82) is 0 Å². The zero-order valence-corrected chi connectivity index (χ0v) is 15.2. The summed E-state index contributed by atoms with van der Waals surface area (Å²) in [6.45, 7) is 5.80. The summed E-state index contributed by atoms with van der Waals surface area (Å²) in [5, 5.41) is 13.4. The summed E-state index contributed by atoms with van der Waals surface area (Å²) in [5.74, 6) is 1.90. The summed E-state index contributed by atoms with van der Waals surface area (Å²) in [4.78, 5) is 9.61. The molecule has 4 aromatic heterocycles. The van der Waals surface area contributed by atoms with Gasteiger partial charge in [-0.1, -0.05) is 16.9 Å². The summed E-state index contributed by atoms with van der Waals surface area (Å²) in [6.07, 6.45) is 1.56. The standard InChI is InChI=1S/C15H13N5O3S2/c1-7-11(25-9(3)16-7)14-18-19-15(22-14)24-8(2)13-17-12(20-23-13)10-5-4-6-21-10/h4-6,8H,1-3H3. The van der Waals surface area contributed by atoms with Gasteiger partial charge in [-0.15, -0.1) is 21.5 Å². The van der Waals surface area contributed by atoms with Crippen molar-refractivity contribution in [3.8, 4) is 22.4 Å². The second-order valence-corrected chi connectivity index (χ2v) is 7.71. The highest BCUT2D eigenvalue weighted by atomic mass is 32.2. The van der Waals surface area contributed by atoms with E-state index in [2.05, 4.69) is 25.3 Å². The van der Waals surface area contributed by atoms with E-state index in [-0.39, 0.29) is 5.25 Å². The maximum atomic E-state index is 5.74. The number of hydrogen-bond donors (Lipinski definition) is 0. The van der Waals surface area contributed by atoms with Crippen LogP contribution in [0.1, 0.15) is 28.8 Å². The smallest absolute Gasteiger partial charge is 0.277 e. The SMILES string of the molecule is Cc1nc(C)c(-c2nnc(SC(C)c3nc(-c4ccco4)no3)o2)s1. The Morgan fingerprint density at radius 3 is 2.80 bits per heavy atom. The van der Waals surface area contributed by atoms with Crippen LogP contribution in [-0.2, 0) is 0 Å². The van der Waals surface area contributed by atoms with Crippen molar-refractivity contribution in [3.05, 3.63) is 35.0 Å². The van der Waals surface area contributed by atoms with Gasteiger partial charge in [-0.25, -0.2) is 4.98 Å². The molecular weight excluding hydrogens is 362 g/mol. The van der Waals surface area contributed by atoms with E-state index in [1.165, 1.54) is 23.1 Å². The Labute approximate surface area is 150 Å². The summed E-state index contributed by atoms with van der Waals surface area (Å²) < 4.78 is 16.3. The molecule has 4 heterocycles. The van der Waals surface area contributed by atoms with E-state index in [1.807, 2.05) is 20.8 Å². The summed E-state index contributed by atoms with van der Waals surface area (Å²) >= 11 is 2.88. The van der Waals surface area contributed by atoms with Gasteiger partial charge in [0.1, 0.15) is 4.88 Å². The fourth-order valence-corrected chi connectivity index (χ4v) is 3.74. The molecule has 0 amide bonds. The molecule has 0 spiro atoms. The largest absolute Gasteiger partial charge is 0.461 e. The van der Waals surface area contributed by atoms with Crippen molar-refractivity contribution < 1.29 is 13.4 Å². The lowest BCUT2D eigenvalue weighted by molar-refractivity contribution is 0.378. The number of aryl methyl sites for hydroxylation is 2. The van der Waals surface area contributed by atoms with Crippen molar-refractivity contribution in [2.75, 3.05) is 0 Å². The third kappa shape index (κ3) is 3.22. The van der Waals surface area contributed by atoms with Crippen LogP contribution in [0.5, 0.6) is 0 Å². The summed E-state index contributed by atoms with van der Waals surface area (Å²) in [5.41, 5.74) is 0.885. The van der Waals surface area contributed by atoms with Crippen LogP contribution in [0.4, 0.5) is 0 Å². The van der Waals surface area contributed by atoms with Crippen molar-refractivity contribution in [1.82, 2.24) is 25.3 Å². The molecule has 0 radical (unpaired) electrons.